The molecule has 0 saturated carbocycles. The summed E-state index contributed by atoms with van der Waals surface area (Å²) < 4.78 is 5.49. The zero-order valence-corrected chi connectivity index (χ0v) is 13.1. The van der Waals surface area contributed by atoms with Gasteiger partial charge in [-0.25, -0.2) is 0 Å². The fraction of sp³-hybridized carbons (Fsp3) is 0.412. The summed E-state index contributed by atoms with van der Waals surface area (Å²) in [4.78, 5) is 0. The molecular weight excluding hydrogens is 270 g/mol. The molecule has 1 heterocycles. The lowest BCUT2D eigenvalue weighted by Gasteiger charge is -2.25. The molecule has 2 nitrogen and oxygen atoms in total. The number of nitrogens with one attached hydrogen (secondary N) is 1. The van der Waals surface area contributed by atoms with Gasteiger partial charge in [-0.1, -0.05) is 23.7 Å². The molecule has 1 aromatic heterocycles. The van der Waals surface area contributed by atoms with Crippen molar-refractivity contribution in [2.24, 2.45) is 0 Å². The van der Waals surface area contributed by atoms with Gasteiger partial charge in [-0.3, -0.25) is 0 Å². The van der Waals surface area contributed by atoms with E-state index in [1.165, 1.54) is 5.56 Å². The molecule has 0 fully saturated rings. The van der Waals surface area contributed by atoms with Gasteiger partial charge in [-0.15, -0.1) is 0 Å². The van der Waals surface area contributed by atoms with Crippen molar-refractivity contribution in [3.63, 3.8) is 0 Å². The van der Waals surface area contributed by atoms with Gasteiger partial charge in [0.15, 0.2) is 0 Å². The molecule has 0 spiro atoms. The van der Waals surface area contributed by atoms with E-state index < -0.39 is 0 Å². The van der Waals surface area contributed by atoms with Crippen LogP contribution in [0.25, 0.3) is 0 Å². The Hall–Kier alpha value is -1.25. The molecule has 2 rings (SSSR count). The molecule has 0 radical (unpaired) electrons. The van der Waals surface area contributed by atoms with Gasteiger partial charge in [-0.2, -0.15) is 0 Å². The number of halogens is 1. The second-order valence-electron chi connectivity index (χ2n) is 6.16. The number of furan rings is 1. The Labute approximate surface area is 126 Å². The van der Waals surface area contributed by atoms with Crippen LogP contribution in [0.5, 0.6) is 0 Å². The van der Waals surface area contributed by atoms with E-state index in [1.54, 1.807) is 6.26 Å². The van der Waals surface area contributed by atoms with E-state index in [-0.39, 0.29) is 5.54 Å². The molecule has 0 aliphatic rings. The SMILES string of the molecule is CC(C)(C)NCC(Cc1ccco1)c1ccc(Cl)cc1. The van der Waals surface area contributed by atoms with Crippen molar-refractivity contribution in [1.82, 2.24) is 5.32 Å². The third-order valence-electron chi connectivity index (χ3n) is 3.25. The molecule has 1 N–H and O–H groups in total. The summed E-state index contributed by atoms with van der Waals surface area (Å²) in [5.74, 6) is 1.39. The Morgan fingerprint density at radius 1 is 1.15 bits per heavy atom. The monoisotopic (exact) mass is 291 g/mol. The fourth-order valence-electron chi connectivity index (χ4n) is 2.14. The van der Waals surface area contributed by atoms with Gasteiger partial charge in [0.25, 0.3) is 0 Å². The number of benzene rings is 1. The molecule has 0 aliphatic carbocycles. The lowest BCUT2D eigenvalue weighted by atomic mass is 9.93. The van der Waals surface area contributed by atoms with Crippen LogP contribution >= 0.6 is 11.6 Å². The summed E-state index contributed by atoms with van der Waals surface area (Å²) in [5.41, 5.74) is 1.39. The van der Waals surface area contributed by atoms with Crippen molar-refractivity contribution in [3.8, 4) is 0 Å². The molecule has 1 aromatic carbocycles. The van der Waals surface area contributed by atoms with E-state index in [0.717, 1.165) is 23.7 Å². The first-order valence-corrected chi connectivity index (χ1v) is 7.35. The van der Waals surface area contributed by atoms with Crippen LogP contribution in [0.1, 0.15) is 38.0 Å². The highest BCUT2D eigenvalue weighted by molar-refractivity contribution is 6.30. The second-order valence-corrected chi connectivity index (χ2v) is 6.60. The maximum absolute atomic E-state index is 5.97. The first-order chi connectivity index (χ1) is 9.44. The Kier molecular flexibility index (Phi) is 4.90. The normalized spacial score (nSPS) is 13.4. The molecule has 1 atom stereocenters. The summed E-state index contributed by atoms with van der Waals surface area (Å²) in [7, 11) is 0. The lowest BCUT2D eigenvalue weighted by molar-refractivity contribution is 0.393. The average molecular weight is 292 g/mol. The molecule has 108 valence electrons. The Bertz CT molecular complexity index is 511. The number of rotatable bonds is 5. The van der Waals surface area contributed by atoms with Crippen molar-refractivity contribution in [3.05, 3.63) is 59.0 Å². The smallest absolute Gasteiger partial charge is 0.104 e. The third kappa shape index (κ3) is 4.69. The van der Waals surface area contributed by atoms with Crippen molar-refractivity contribution in [2.45, 2.75) is 38.6 Å². The van der Waals surface area contributed by atoms with Gasteiger partial charge in [0.1, 0.15) is 5.76 Å². The van der Waals surface area contributed by atoms with Crippen LogP contribution in [0.3, 0.4) is 0 Å². The van der Waals surface area contributed by atoms with Crippen LogP contribution in [0.4, 0.5) is 0 Å². The summed E-state index contributed by atoms with van der Waals surface area (Å²) >= 11 is 5.97. The zero-order chi connectivity index (χ0) is 14.6. The number of hydrogen-bond acceptors (Lipinski definition) is 2. The standard InChI is InChI=1S/C17H22ClNO/c1-17(2,3)19-12-14(11-16-5-4-10-20-16)13-6-8-15(18)9-7-13/h4-10,14,19H,11-12H2,1-3H3. The molecule has 0 bridgehead atoms. The first-order valence-electron chi connectivity index (χ1n) is 6.97. The summed E-state index contributed by atoms with van der Waals surface area (Å²) in [5, 5.41) is 4.35. The Morgan fingerprint density at radius 2 is 1.85 bits per heavy atom. The van der Waals surface area contributed by atoms with E-state index in [1.807, 2.05) is 24.3 Å². The maximum atomic E-state index is 5.97. The van der Waals surface area contributed by atoms with Crippen LogP contribution in [-0.2, 0) is 6.42 Å². The quantitative estimate of drug-likeness (QED) is 0.867. The maximum Gasteiger partial charge on any atom is 0.104 e. The molecule has 0 aliphatic heterocycles. The summed E-state index contributed by atoms with van der Waals surface area (Å²) in [6.07, 6.45) is 2.61. The predicted molar refractivity (Wildman–Crippen MR) is 84.4 cm³/mol. The largest absolute Gasteiger partial charge is 0.469 e. The zero-order valence-electron chi connectivity index (χ0n) is 12.3. The van der Waals surface area contributed by atoms with E-state index in [2.05, 4.69) is 38.2 Å². The van der Waals surface area contributed by atoms with Crippen LogP contribution in [0.2, 0.25) is 5.02 Å². The highest BCUT2D eigenvalue weighted by atomic mass is 35.5. The Morgan fingerprint density at radius 3 is 2.40 bits per heavy atom. The summed E-state index contributed by atoms with van der Waals surface area (Å²) in [6.45, 7) is 7.45. The molecular formula is C17H22ClNO. The van der Waals surface area contributed by atoms with Gasteiger partial charge in [0.2, 0.25) is 0 Å². The fourth-order valence-corrected chi connectivity index (χ4v) is 2.27. The van der Waals surface area contributed by atoms with E-state index >= 15 is 0 Å². The minimum absolute atomic E-state index is 0.105. The molecule has 0 saturated heterocycles. The highest BCUT2D eigenvalue weighted by Crippen LogP contribution is 2.23. The van der Waals surface area contributed by atoms with Crippen molar-refractivity contribution in [1.29, 1.82) is 0 Å². The molecule has 1 unspecified atom stereocenters. The highest BCUT2D eigenvalue weighted by Gasteiger charge is 2.17. The van der Waals surface area contributed by atoms with E-state index in [0.29, 0.717) is 5.92 Å². The molecule has 20 heavy (non-hydrogen) atoms. The predicted octanol–water partition coefficient (Wildman–Crippen LogP) is 4.65. The van der Waals surface area contributed by atoms with Crippen molar-refractivity contribution < 1.29 is 4.42 Å². The van der Waals surface area contributed by atoms with E-state index in [9.17, 15) is 0 Å². The van der Waals surface area contributed by atoms with Gasteiger partial charge >= 0.3 is 0 Å². The van der Waals surface area contributed by atoms with Crippen LogP contribution < -0.4 is 5.32 Å². The van der Waals surface area contributed by atoms with Crippen LogP contribution in [0, 0.1) is 0 Å². The van der Waals surface area contributed by atoms with Gasteiger partial charge in [0, 0.05) is 29.4 Å². The van der Waals surface area contributed by atoms with Gasteiger partial charge in [-0.05, 0) is 50.6 Å². The van der Waals surface area contributed by atoms with Crippen molar-refractivity contribution >= 4 is 11.6 Å². The minimum Gasteiger partial charge on any atom is -0.469 e. The van der Waals surface area contributed by atoms with Crippen LogP contribution in [0.15, 0.2) is 47.1 Å². The van der Waals surface area contributed by atoms with Crippen molar-refractivity contribution in [2.75, 3.05) is 6.54 Å². The minimum atomic E-state index is 0.105. The topological polar surface area (TPSA) is 25.2 Å². The lowest BCUT2D eigenvalue weighted by Crippen LogP contribution is -2.39. The second kappa shape index (κ2) is 6.47. The van der Waals surface area contributed by atoms with Gasteiger partial charge < -0.3 is 9.73 Å². The van der Waals surface area contributed by atoms with E-state index in [4.69, 9.17) is 16.0 Å². The van der Waals surface area contributed by atoms with Gasteiger partial charge in [0.05, 0.1) is 6.26 Å². The molecule has 0 amide bonds. The Balaban J connectivity index is 2.12. The summed E-state index contributed by atoms with van der Waals surface area (Å²) in [6, 6.07) is 12.1. The first kappa shape index (κ1) is 15.1. The molecule has 3 heteroatoms. The molecule has 2 aromatic rings. The van der Waals surface area contributed by atoms with Crippen LogP contribution in [-0.4, -0.2) is 12.1 Å². The third-order valence-corrected chi connectivity index (χ3v) is 3.50. The average Bonchev–Trinajstić information content (AvgIpc) is 2.87. The number of hydrogen-bond donors (Lipinski definition) is 1.